The molecule has 7 nitrogen and oxygen atoms in total. The van der Waals surface area contributed by atoms with Crippen LogP contribution in [0.4, 0.5) is 0 Å². The van der Waals surface area contributed by atoms with Gasteiger partial charge < -0.3 is 15.4 Å². The van der Waals surface area contributed by atoms with Gasteiger partial charge in [-0.05, 0) is 31.2 Å². The number of hydrogen-bond acceptors (Lipinski definition) is 6. The van der Waals surface area contributed by atoms with Crippen molar-refractivity contribution in [3.8, 4) is 5.75 Å². The van der Waals surface area contributed by atoms with Crippen molar-refractivity contribution in [3.05, 3.63) is 40.3 Å². The number of aliphatic imine (C=N–C) groups is 1. The first-order valence-electron chi connectivity index (χ1n) is 8.17. The third-order valence-corrected chi connectivity index (χ3v) is 5.54. The predicted octanol–water partition coefficient (Wildman–Crippen LogP) is 2.26. The summed E-state index contributed by atoms with van der Waals surface area (Å²) in [4.78, 5) is 9.98. The monoisotopic (exact) mass is 524 g/mol. The van der Waals surface area contributed by atoms with Gasteiger partial charge in [-0.2, -0.15) is 0 Å². The summed E-state index contributed by atoms with van der Waals surface area (Å²) in [7, 11) is -1.47. The number of ether oxygens (including phenoxy) is 1. The molecule has 0 spiro atoms. The van der Waals surface area contributed by atoms with Crippen molar-refractivity contribution in [1.82, 2.24) is 15.6 Å². The second kappa shape index (κ2) is 11.4. The first-order chi connectivity index (χ1) is 12.4. The van der Waals surface area contributed by atoms with E-state index in [1.54, 1.807) is 42.6 Å². The van der Waals surface area contributed by atoms with Gasteiger partial charge in [0.05, 0.1) is 16.4 Å². The van der Waals surface area contributed by atoms with Crippen molar-refractivity contribution in [3.63, 3.8) is 0 Å². The van der Waals surface area contributed by atoms with Gasteiger partial charge in [0.15, 0.2) is 15.8 Å². The molecule has 1 aromatic carbocycles. The van der Waals surface area contributed by atoms with Crippen LogP contribution in [-0.2, 0) is 16.3 Å². The molecule has 0 atom stereocenters. The number of thiazole rings is 1. The summed E-state index contributed by atoms with van der Waals surface area (Å²) < 4.78 is 28.4. The fourth-order valence-electron chi connectivity index (χ4n) is 2.15. The molecule has 0 saturated carbocycles. The smallest absolute Gasteiger partial charge is 0.191 e. The Balaban J connectivity index is 0.00000364. The van der Waals surface area contributed by atoms with Crippen LogP contribution in [0.5, 0.6) is 5.75 Å². The van der Waals surface area contributed by atoms with Gasteiger partial charge >= 0.3 is 0 Å². The van der Waals surface area contributed by atoms with Crippen molar-refractivity contribution in [2.24, 2.45) is 4.99 Å². The molecule has 10 heteroatoms. The summed E-state index contributed by atoms with van der Waals surface area (Å²) in [6.45, 7) is 3.80. The van der Waals surface area contributed by atoms with Gasteiger partial charge in [-0.1, -0.05) is 0 Å². The SMILES string of the molecule is CN=C(NCCOc1ccc(S(C)(=O)=O)cc1)NCCc1ncc(C)s1.I. The van der Waals surface area contributed by atoms with E-state index in [1.165, 1.54) is 11.1 Å². The van der Waals surface area contributed by atoms with Gasteiger partial charge in [0, 0.05) is 37.3 Å². The second-order valence-corrected chi connectivity index (χ2v) is 8.97. The fourth-order valence-corrected chi connectivity index (χ4v) is 3.56. The first-order valence-corrected chi connectivity index (χ1v) is 10.9. The molecule has 0 fully saturated rings. The summed E-state index contributed by atoms with van der Waals surface area (Å²) in [5.74, 6) is 1.33. The summed E-state index contributed by atoms with van der Waals surface area (Å²) in [6, 6.07) is 6.39. The van der Waals surface area contributed by atoms with Crippen LogP contribution in [0, 0.1) is 6.92 Å². The molecule has 0 aliphatic rings. The molecule has 2 rings (SSSR count). The number of aromatic nitrogens is 1. The summed E-state index contributed by atoms with van der Waals surface area (Å²) in [5.41, 5.74) is 0. The molecule has 0 aliphatic carbocycles. The average Bonchev–Trinajstić information content (AvgIpc) is 3.02. The van der Waals surface area contributed by atoms with Crippen LogP contribution in [-0.4, -0.2) is 52.4 Å². The standard InChI is InChI=1S/C17H24N4O3S2.HI/c1-13-12-21-16(25-13)8-9-19-17(18-2)20-10-11-24-14-4-6-15(7-5-14)26(3,22)23;/h4-7,12H,8-11H2,1-3H3,(H2,18,19,20);1H. The molecule has 150 valence electrons. The lowest BCUT2D eigenvalue weighted by atomic mass is 10.3. The number of hydrogen-bond donors (Lipinski definition) is 2. The number of sulfone groups is 1. The molecule has 1 aromatic heterocycles. The molecule has 27 heavy (non-hydrogen) atoms. The van der Waals surface area contributed by atoms with Crippen LogP contribution < -0.4 is 15.4 Å². The van der Waals surface area contributed by atoms with Crippen LogP contribution in [0.25, 0.3) is 0 Å². The van der Waals surface area contributed by atoms with E-state index in [2.05, 4.69) is 20.6 Å². The van der Waals surface area contributed by atoms with E-state index in [0.717, 1.165) is 18.0 Å². The molecular formula is C17H25IN4O3S2. The highest BCUT2D eigenvalue weighted by Crippen LogP contribution is 2.15. The van der Waals surface area contributed by atoms with E-state index in [4.69, 9.17) is 4.74 Å². The highest BCUT2D eigenvalue weighted by Gasteiger charge is 2.06. The Bertz CT molecular complexity index is 836. The molecule has 0 unspecified atom stereocenters. The number of rotatable bonds is 8. The lowest BCUT2D eigenvalue weighted by Crippen LogP contribution is -2.40. The Labute approximate surface area is 181 Å². The first kappa shape index (κ1) is 23.6. The molecule has 2 aromatic rings. The number of nitrogens with one attached hydrogen (secondary N) is 2. The highest BCUT2D eigenvalue weighted by atomic mass is 127. The Kier molecular flexibility index (Phi) is 10.0. The van der Waals surface area contributed by atoms with E-state index in [9.17, 15) is 8.42 Å². The number of aryl methyl sites for hydroxylation is 1. The highest BCUT2D eigenvalue weighted by molar-refractivity contribution is 14.0. The second-order valence-electron chi connectivity index (χ2n) is 5.63. The molecule has 0 saturated heterocycles. The molecule has 0 aliphatic heterocycles. The van der Waals surface area contributed by atoms with Crippen molar-refractivity contribution < 1.29 is 13.2 Å². The van der Waals surface area contributed by atoms with Crippen molar-refractivity contribution in [2.45, 2.75) is 18.2 Å². The minimum atomic E-state index is -3.18. The largest absolute Gasteiger partial charge is 0.492 e. The molecular weight excluding hydrogens is 499 g/mol. The topological polar surface area (TPSA) is 92.7 Å². The summed E-state index contributed by atoms with van der Waals surface area (Å²) in [6.07, 6.45) is 3.91. The maximum absolute atomic E-state index is 11.4. The van der Waals surface area contributed by atoms with Gasteiger partial charge in [0.1, 0.15) is 12.4 Å². The van der Waals surface area contributed by atoms with Gasteiger partial charge in [-0.25, -0.2) is 13.4 Å². The maximum atomic E-state index is 11.4. The van der Waals surface area contributed by atoms with E-state index in [-0.39, 0.29) is 28.9 Å². The zero-order valence-electron chi connectivity index (χ0n) is 15.6. The third kappa shape index (κ3) is 8.43. The summed E-state index contributed by atoms with van der Waals surface area (Å²) in [5, 5.41) is 7.50. The Morgan fingerprint density at radius 3 is 2.44 bits per heavy atom. The van der Waals surface area contributed by atoms with Crippen LogP contribution in [0.15, 0.2) is 40.4 Å². The lowest BCUT2D eigenvalue weighted by Gasteiger charge is -2.12. The van der Waals surface area contributed by atoms with Gasteiger partial charge in [-0.3, -0.25) is 4.99 Å². The van der Waals surface area contributed by atoms with Gasteiger partial charge in [-0.15, -0.1) is 35.3 Å². The summed E-state index contributed by atoms with van der Waals surface area (Å²) >= 11 is 1.70. The average molecular weight is 524 g/mol. The third-order valence-electron chi connectivity index (χ3n) is 3.44. The molecule has 1 heterocycles. The van der Waals surface area contributed by atoms with Crippen molar-refractivity contribution in [1.29, 1.82) is 0 Å². The van der Waals surface area contributed by atoms with Gasteiger partial charge in [0.2, 0.25) is 0 Å². The van der Waals surface area contributed by atoms with E-state index >= 15 is 0 Å². The van der Waals surface area contributed by atoms with Gasteiger partial charge in [0.25, 0.3) is 0 Å². The minimum Gasteiger partial charge on any atom is -0.492 e. The zero-order chi connectivity index (χ0) is 19.0. The number of halogens is 1. The molecule has 2 N–H and O–H groups in total. The van der Waals surface area contributed by atoms with Crippen LogP contribution >= 0.6 is 35.3 Å². The van der Waals surface area contributed by atoms with E-state index < -0.39 is 9.84 Å². The van der Waals surface area contributed by atoms with Crippen LogP contribution in [0.3, 0.4) is 0 Å². The molecule has 0 amide bonds. The predicted molar refractivity (Wildman–Crippen MR) is 120 cm³/mol. The normalized spacial score (nSPS) is 11.6. The van der Waals surface area contributed by atoms with E-state index in [1.807, 2.05) is 13.1 Å². The Morgan fingerprint density at radius 2 is 1.89 bits per heavy atom. The Hall–Kier alpha value is -1.40. The maximum Gasteiger partial charge on any atom is 0.191 e. The molecule has 0 bridgehead atoms. The molecule has 0 radical (unpaired) electrons. The number of nitrogens with zero attached hydrogens (tertiary/aromatic N) is 2. The minimum absolute atomic E-state index is 0. The van der Waals surface area contributed by atoms with Crippen LogP contribution in [0.1, 0.15) is 9.88 Å². The van der Waals surface area contributed by atoms with Crippen LogP contribution in [0.2, 0.25) is 0 Å². The number of benzene rings is 1. The van der Waals surface area contributed by atoms with Crippen molar-refractivity contribution in [2.75, 3.05) is 33.0 Å². The van der Waals surface area contributed by atoms with Crippen molar-refractivity contribution >= 4 is 51.1 Å². The number of guanidine groups is 1. The van der Waals surface area contributed by atoms with E-state index in [0.29, 0.717) is 24.9 Å². The quantitative estimate of drug-likeness (QED) is 0.238. The zero-order valence-corrected chi connectivity index (χ0v) is 19.5. The Morgan fingerprint density at radius 1 is 1.22 bits per heavy atom. The fraction of sp³-hybridized carbons (Fsp3) is 0.412. The lowest BCUT2D eigenvalue weighted by molar-refractivity contribution is 0.321.